The SMILES string of the molecule is CC(C)N(Cc1ccccc1)S(=O)(=O)c1ccc(C(=O)Nc2nc3ccc(S(N)(=O)=O)cc3s2)cc1. The molecule has 1 amide bonds. The van der Waals surface area contributed by atoms with Crippen molar-refractivity contribution >= 4 is 52.6 Å². The zero-order valence-electron chi connectivity index (χ0n) is 19.5. The third-order valence-electron chi connectivity index (χ3n) is 5.39. The van der Waals surface area contributed by atoms with Crippen LogP contribution in [0.2, 0.25) is 0 Å². The monoisotopic (exact) mass is 544 g/mol. The van der Waals surface area contributed by atoms with Crippen molar-refractivity contribution in [3.63, 3.8) is 0 Å². The van der Waals surface area contributed by atoms with Gasteiger partial charge in [-0.15, -0.1) is 0 Å². The molecule has 0 spiro atoms. The van der Waals surface area contributed by atoms with Crippen LogP contribution >= 0.6 is 11.3 Å². The number of fused-ring (bicyclic) bond motifs is 1. The molecule has 0 bridgehead atoms. The summed E-state index contributed by atoms with van der Waals surface area (Å²) in [5.41, 5.74) is 1.63. The fraction of sp³-hybridized carbons (Fsp3) is 0.167. The Morgan fingerprint density at radius 2 is 1.61 bits per heavy atom. The molecule has 1 heterocycles. The average molecular weight is 545 g/mol. The normalized spacial score (nSPS) is 12.4. The molecule has 0 saturated carbocycles. The van der Waals surface area contributed by atoms with Crippen LogP contribution in [0.25, 0.3) is 10.2 Å². The number of anilines is 1. The fourth-order valence-corrected chi connectivity index (χ4v) is 6.67. The highest BCUT2D eigenvalue weighted by molar-refractivity contribution is 7.89. The van der Waals surface area contributed by atoms with Crippen molar-refractivity contribution in [1.29, 1.82) is 0 Å². The molecule has 3 aromatic carbocycles. The number of carbonyl (C=O) groups is 1. The first kappa shape index (κ1) is 25.9. The Bertz CT molecular complexity index is 1620. The van der Waals surface area contributed by atoms with Gasteiger partial charge >= 0.3 is 0 Å². The highest BCUT2D eigenvalue weighted by Crippen LogP contribution is 2.28. The molecule has 12 heteroatoms. The molecule has 4 rings (SSSR count). The Kier molecular flexibility index (Phi) is 7.25. The first-order valence-corrected chi connectivity index (χ1v) is 14.7. The molecule has 0 aliphatic rings. The molecule has 1 aromatic heterocycles. The zero-order chi connectivity index (χ0) is 26.1. The average Bonchev–Trinajstić information content (AvgIpc) is 3.24. The van der Waals surface area contributed by atoms with E-state index in [0.29, 0.717) is 10.2 Å². The molecule has 0 unspecified atom stereocenters. The quantitative estimate of drug-likeness (QED) is 0.346. The summed E-state index contributed by atoms with van der Waals surface area (Å²) < 4.78 is 51.7. The molecular weight excluding hydrogens is 520 g/mol. The summed E-state index contributed by atoms with van der Waals surface area (Å²) in [5.74, 6) is -0.477. The minimum atomic E-state index is -3.86. The number of hydrogen-bond donors (Lipinski definition) is 2. The minimum absolute atomic E-state index is 0.0453. The second-order valence-corrected chi connectivity index (χ2v) is 12.8. The van der Waals surface area contributed by atoms with Crippen LogP contribution < -0.4 is 10.5 Å². The number of nitrogens with zero attached hydrogens (tertiary/aromatic N) is 2. The van der Waals surface area contributed by atoms with E-state index in [9.17, 15) is 21.6 Å². The van der Waals surface area contributed by atoms with Crippen molar-refractivity contribution in [2.45, 2.75) is 36.2 Å². The lowest BCUT2D eigenvalue weighted by atomic mass is 10.2. The lowest BCUT2D eigenvalue weighted by molar-refractivity contribution is 0.102. The Morgan fingerprint density at radius 1 is 0.972 bits per heavy atom. The third-order valence-corrected chi connectivity index (χ3v) is 9.27. The Morgan fingerprint density at radius 3 is 2.22 bits per heavy atom. The number of benzene rings is 3. The predicted octanol–water partition coefficient (Wildman–Crippen LogP) is 3.80. The Labute approximate surface area is 213 Å². The largest absolute Gasteiger partial charge is 0.298 e. The van der Waals surface area contributed by atoms with E-state index < -0.39 is 26.0 Å². The Balaban J connectivity index is 1.52. The number of thiazole rings is 1. The lowest BCUT2D eigenvalue weighted by Gasteiger charge is -2.26. The number of rotatable bonds is 8. The molecular formula is C24H24N4O5S3. The fourth-order valence-electron chi connectivity index (χ4n) is 3.53. The zero-order valence-corrected chi connectivity index (χ0v) is 21.9. The summed E-state index contributed by atoms with van der Waals surface area (Å²) in [7, 11) is -7.66. The van der Waals surface area contributed by atoms with Crippen LogP contribution in [0.15, 0.2) is 82.6 Å². The maximum atomic E-state index is 13.3. The molecule has 4 aromatic rings. The van der Waals surface area contributed by atoms with E-state index in [0.717, 1.165) is 16.9 Å². The van der Waals surface area contributed by atoms with Gasteiger partial charge in [0.05, 0.1) is 20.0 Å². The van der Waals surface area contributed by atoms with Gasteiger partial charge in [-0.25, -0.2) is 27.0 Å². The number of primary sulfonamides is 1. The van der Waals surface area contributed by atoms with E-state index in [-0.39, 0.29) is 33.1 Å². The van der Waals surface area contributed by atoms with Crippen LogP contribution in [0.1, 0.15) is 29.8 Å². The van der Waals surface area contributed by atoms with E-state index in [4.69, 9.17) is 5.14 Å². The number of amides is 1. The number of nitrogens with one attached hydrogen (secondary N) is 1. The summed E-state index contributed by atoms with van der Waals surface area (Å²) in [6.07, 6.45) is 0. The topological polar surface area (TPSA) is 140 Å². The number of sulfonamides is 2. The smallest absolute Gasteiger partial charge is 0.257 e. The summed E-state index contributed by atoms with van der Waals surface area (Å²) in [6.45, 7) is 3.85. The van der Waals surface area contributed by atoms with E-state index in [1.165, 1.54) is 46.8 Å². The van der Waals surface area contributed by atoms with E-state index >= 15 is 0 Å². The van der Waals surface area contributed by atoms with Crippen LogP contribution in [-0.4, -0.2) is 38.1 Å². The van der Waals surface area contributed by atoms with Gasteiger partial charge in [-0.1, -0.05) is 41.7 Å². The van der Waals surface area contributed by atoms with E-state index in [1.807, 2.05) is 44.2 Å². The second kappa shape index (κ2) is 10.1. The second-order valence-electron chi connectivity index (χ2n) is 8.30. The van der Waals surface area contributed by atoms with Crippen LogP contribution in [-0.2, 0) is 26.6 Å². The van der Waals surface area contributed by atoms with Crippen molar-refractivity contribution in [1.82, 2.24) is 9.29 Å². The molecule has 0 fully saturated rings. The molecule has 0 aliphatic carbocycles. The highest BCUT2D eigenvalue weighted by atomic mass is 32.2. The van der Waals surface area contributed by atoms with Crippen molar-refractivity contribution in [2.24, 2.45) is 5.14 Å². The predicted molar refractivity (Wildman–Crippen MR) is 140 cm³/mol. The Hall–Kier alpha value is -3.16. The van der Waals surface area contributed by atoms with Gasteiger partial charge in [-0.2, -0.15) is 4.31 Å². The van der Waals surface area contributed by atoms with Gasteiger partial charge in [0.1, 0.15) is 0 Å². The summed E-state index contributed by atoms with van der Waals surface area (Å²) in [4.78, 5) is 17.1. The summed E-state index contributed by atoms with van der Waals surface area (Å²) in [5, 5.41) is 8.10. The molecule has 188 valence electrons. The van der Waals surface area contributed by atoms with E-state index in [1.54, 1.807) is 0 Å². The molecule has 36 heavy (non-hydrogen) atoms. The van der Waals surface area contributed by atoms with Gasteiger partial charge in [-0.05, 0) is 61.9 Å². The van der Waals surface area contributed by atoms with Gasteiger partial charge in [0.25, 0.3) is 5.91 Å². The maximum Gasteiger partial charge on any atom is 0.257 e. The molecule has 0 aliphatic heterocycles. The summed E-state index contributed by atoms with van der Waals surface area (Å²) >= 11 is 1.10. The lowest BCUT2D eigenvalue weighted by Crippen LogP contribution is -2.36. The van der Waals surface area contributed by atoms with Crippen molar-refractivity contribution in [2.75, 3.05) is 5.32 Å². The van der Waals surface area contributed by atoms with Gasteiger partial charge in [-0.3, -0.25) is 10.1 Å². The third kappa shape index (κ3) is 5.63. The number of nitrogens with two attached hydrogens (primary N) is 1. The van der Waals surface area contributed by atoms with Gasteiger partial charge in [0.15, 0.2) is 5.13 Å². The van der Waals surface area contributed by atoms with Gasteiger partial charge in [0.2, 0.25) is 20.0 Å². The van der Waals surface area contributed by atoms with Crippen LogP contribution in [0.3, 0.4) is 0 Å². The maximum absolute atomic E-state index is 13.3. The number of aromatic nitrogens is 1. The first-order chi connectivity index (χ1) is 16.9. The summed E-state index contributed by atoms with van der Waals surface area (Å²) in [6, 6.07) is 19.0. The van der Waals surface area contributed by atoms with Crippen molar-refractivity contribution in [3.8, 4) is 0 Å². The minimum Gasteiger partial charge on any atom is -0.298 e. The highest BCUT2D eigenvalue weighted by Gasteiger charge is 2.27. The van der Waals surface area contributed by atoms with Crippen LogP contribution in [0.5, 0.6) is 0 Å². The van der Waals surface area contributed by atoms with Gasteiger partial charge in [0, 0.05) is 18.2 Å². The first-order valence-electron chi connectivity index (χ1n) is 10.9. The van der Waals surface area contributed by atoms with Crippen molar-refractivity contribution in [3.05, 3.63) is 83.9 Å². The molecule has 0 saturated heterocycles. The number of hydrogen-bond acceptors (Lipinski definition) is 7. The number of carbonyl (C=O) groups excluding carboxylic acids is 1. The molecule has 0 atom stereocenters. The van der Waals surface area contributed by atoms with E-state index in [2.05, 4.69) is 10.3 Å². The molecule has 3 N–H and O–H groups in total. The van der Waals surface area contributed by atoms with Crippen LogP contribution in [0, 0.1) is 0 Å². The van der Waals surface area contributed by atoms with Gasteiger partial charge < -0.3 is 0 Å². The van der Waals surface area contributed by atoms with Crippen LogP contribution in [0.4, 0.5) is 5.13 Å². The molecule has 9 nitrogen and oxygen atoms in total. The van der Waals surface area contributed by atoms with Crippen molar-refractivity contribution < 1.29 is 21.6 Å². The molecule has 0 radical (unpaired) electrons. The standard InChI is InChI=1S/C24H24N4O5S3/c1-16(2)28(15-17-6-4-3-5-7-17)36(32,33)19-10-8-18(9-11-19)23(29)27-24-26-21-13-12-20(35(25,30)31)14-22(21)34-24/h3-14,16H,15H2,1-2H3,(H2,25,30,31)(H,26,27,29).